The molecule has 0 spiro atoms. The van der Waals surface area contributed by atoms with Gasteiger partial charge in [-0.25, -0.2) is 4.79 Å². The number of amides is 1. The first-order chi connectivity index (χ1) is 21.5. The van der Waals surface area contributed by atoms with Gasteiger partial charge in [-0.1, -0.05) is 128 Å². The lowest BCUT2D eigenvalue weighted by Gasteiger charge is -2.14. The minimum Gasteiger partial charge on any atom is -0.481 e. The molecule has 45 heavy (non-hydrogen) atoms. The van der Waals surface area contributed by atoms with Crippen molar-refractivity contribution in [3.63, 3.8) is 0 Å². The number of aryl methyl sites for hydroxylation is 1. The number of anilines is 1. The lowest BCUT2D eigenvalue weighted by atomic mass is 10.1. The zero-order chi connectivity index (χ0) is 33.6. The molecule has 0 saturated heterocycles. The Morgan fingerprint density at radius 2 is 1.16 bits per heavy atom. The average molecular weight is 698 g/mol. The van der Waals surface area contributed by atoms with Crippen LogP contribution in [0.5, 0.6) is 0 Å². The van der Waals surface area contributed by atoms with Crippen molar-refractivity contribution in [2.45, 2.75) is 104 Å². The van der Waals surface area contributed by atoms with Crippen LogP contribution in [0.4, 0.5) is 5.69 Å². The first-order valence-corrected chi connectivity index (χ1v) is 16.6. The number of unbranched alkanes of at least 4 members (excludes halogenated alkanes) is 10. The Bertz CT molecular complexity index is 1390. The molecule has 0 heterocycles. The molecular formula is C35H41Cl4NO5. The predicted molar refractivity (Wildman–Crippen MR) is 186 cm³/mol. The van der Waals surface area contributed by atoms with Gasteiger partial charge >= 0.3 is 11.9 Å². The number of aliphatic carboxylic acids is 1. The van der Waals surface area contributed by atoms with Crippen LogP contribution in [0, 0.1) is 30.6 Å². The van der Waals surface area contributed by atoms with Crippen LogP contribution in [0.15, 0.2) is 24.3 Å². The Kier molecular flexibility index (Phi) is 20.9. The third-order valence-electron chi connectivity index (χ3n) is 6.54. The van der Waals surface area contributed by atoms with Crippen molar-refractivity contribution >= 4 is 69.9 Å². The van der Waals surface area contributed by atoms with Crippen LogP contribution < -0.4 is 5.32 Å². The third-order valence-corrected chi connectivity index (χ3v) is 8.34. The normalized spacial score (nSPS) is 10.0. The molecule has 10 heteroatoms. The van der Waals surface area contributed by atoms with Crippen molar-refractivity contribution in [3.8, 4) is 23.7 Å². The summed E-state index contributed by atoms with van der Waals surface area (Å²) in [7, 11) is 0. The Morgan fingerprint density at radius 3 is 1.67 bits per heavy atom. The van der Waals surface area contributed by atoms with E-state index in [0.717, 1.165) is 44.1 Å². The number of carboxylic acid groups (broad SMARTS) is 2. The van der Waals surface area contributed by atoms with Crippen LogP contribution in [-0.2, 0) is 4.79 Å². The van der Waals surface area contributed by atoms with E-state index in [1.807, 2.05) is 6.92 Å². The number of halogens is 4. The van der Waals surface area contributed by atoms with Gasteiger partial charge in [0.2, 0.25) is 0 Å². The molecule has 0 radical (unpaired) electrons. The fourth-order valence-electron chi connectivity index (χ4n) is 4.06. The van der Waals surface area contributed by atoms with E-state index in [9.17, 15) is 19.5 Å². The number of nitrogens with one attached hydrogen (secondary N) is 1. The van der Waals surface area contributed by atoms with Crippen LogP contribution in [0.2, 0.25) is 20.1 Å². The number of hydrogen-bond acceptors (Lipinski definition) is 3. The SMILES string of the molecule is CCCCCCCCC#CCC#CCCCCCCC(=O)O.Cc1ccc(NC(=O)c2c(Cl)c(Cl)c(Cl)c(Cl)c2C(=O)O)cc1. The van der Waals surface area contributed by atoms with E-state index in [-0.39, 0.29) is 25.7 Å². The van der Waals surface area contributed by atoms with Crippen LogP contribution in [0.3, 0.4) is 0 Å². The van der Waals surface area contributed by atoms with E-state index >= 15 is 0 Å². The summed E-state index contributed by atoms with van der Waals surface area (Å²) in [6, 6.07) is 6.91. The Morgan fingerprint density at radius 1 is 0.667 bits per heavy atom. The van der Waals surface area contributed by atoms with Gasteiger partial charge in [-0.2, -0.15) is 0 Å². The first kappa shape index (κ1) is 40.2. The van der Waals surface area contributed by atoms with Gasteiger partial charge in [0, 0.05) is 24.9 Å². The smallest absolute Gasteiger partial charge is 0.338 e. The van der Waals surface area contributed by atoms with Gasteiger partial charge in [-0.15, -0.1) is 11.8 Å². The molecule has 0 atom stereocenters. The molecule has 2 aromatic carbocycles. The van der Waals surface area contributed by atoms with Crippen LogP contribution in [-0.4, -0.2) is 28.1 Å². The Labute approximate surface area is 287 Å². The van der Waals surface area contributed by atoms with Crippen molar-refractivity contribution in [3.05, 3.63) is 61.0 Å². The maximum atomic E-state index is 12.4. The highest BCUT2D eigenvalue weighted by Gasteiger charge is 2.28. The molecule has 0 saturated carbocycles. The Balaban J connectivity index is 0.000000451. The number of aromatic carboxylic acids is 1. The van der Waals surface area contributed by atoms with Crippen LogP contribution in [0.1, 0.15) is 123 Å². The highest BCUT2D eigenvalue weighted by Crippen LogP contribution is 2.41. The second-order valence-electron chi connectivity index (χ2n) is 10.3. The van der Waals surface area contributed by atoms with Gasteiger partial charge in [0.15, 0.2) is 0 Å². The standard InChI is InChI=1S/C20H32O2.C15H9Cl4NO3/c1-2-3-4-5-6-7-8-9-10-11-12-13-14-15-16-17-18-19-20(21)22;1-6-2-4-7(5-3-6)20-14(21)8-9(15(22)23)11(17)13(19)12(18)10(8)16/h2-8,11,14-19H2,1H3,(H,21,22);2-5H,1H3,(H,20,21)(H,22,23). The molecule has 0 fully saturated rings. The average Bonchev–Trinajstić information content (AvgIpc) is 3.00. The zero-order valence-electron chi connectivity index (χ0n) is 25.8. The fraction of sp³-hybridized carbons (Fsp3) is 0.457. The second-order valence-corrected chi connectivity index (χ2v) is 11.9. The fourth-order valence-corrected chi connectivity index (χ4v) is 5.08. The number of benzene rings is 2. The summed E-state index contributed by atoms with van der Waals surface area (Å²) < 4.78 is 0. The van der Waals surface area contributed by atoms with E-state index < -0.39 is 23.4 Å². The number of carbonyl (C=O) groups is 3. The summed E-state index contributed by atoms with van der Waals surface area (Å²) >= 11 is 23.7. The van der Waals surface area contributed by atoms with E-state index in [1.54, 1.807) is 24.3 Å². The van der Waals surface area contributed by atoms with Crippen molar-refractivity contribution < 1.29 is 24.6 Å². The van der Waals surface area contributed by atoms with Crippen LogP contribution in [0.25, 0.3) is 0 Å². The maximum absolute atomic E-state index is 12.4. The summed E-state index contributed by atoms with van der Waals surface area (Å²) in [5.41, 5.74) is 0.620. The van der Waals surface area contributed by atoms with Gasteiger partial charge in [0.25, 0.3) is 5.91 Å². The van der Waals surface area contributed by atoms with Gasteiger partial charge in [0.05, 0.1) is 37.6 Å². The molecule has 1 amide bonds. The van der Waals surface area contributed by atoms with Crippen molar-refractivity contribution in [2.24, 2.45) is 0 Å². The minimum absolute atomic E-state index is 0.183. The lowest BCUT2D eigenvalue weighted by Crippen LogP contribution is -2.18. The molecule has 0 aliphatic heterocycles. The molecule has 0 bridgehead atoms. The van der Waals surface area contributed by atoms with E-state index in [2.05, 4.69) is 35.9 Å². The summed E-state index contributed by atoms with van der Waals surface area (Å²) in [6.07, 6.45) is 14.7. The number of hydrogen-bond donors (Lipinski definition) is 3. The van der Waals surface area contributed by atoms with Gasteiger partial charge in [-0.05, 0) is 38.3 Å². The molecule has 0 aliphatic carbocycles. The monoisotopic (exact) mass is 695 g/mol. The Hall–Kier alpha value is -2.87. The summed E-state index contributed by atoms with van der Waals surface area (Å²) in [6.45, 7) is 4.13. The summed E-state index contributed by atoms with van der Waals surface area (Å²) in [5, 5.41) is 19.3. The molecule has 0 aromatic heterocycles. The predicted octanol–water partition coefficient (Wildman–Crippen LogP) is 11.1. The number of carboxylic acids is 2. The van der Waals surface area contributed by atoms with Crippen molar-refractivity contribution in [2.75, 3.05) is 5.32 Å². The molecular weight excluding hydrogens is 656 g/mol. The summed E-state index contributed by atoms with van der Waals surface area (Å²) in [4.78, 5) is 34.2. The zero-order valence-corrected chi connectivity index (χ0v) is 28.9. The molecule has 2 rings (SSSR count). The number of carbonyl (C=O) groups excluding carboxylic acids is 1. The van der Waals surface area contributed by atoms with Crippen molar-refractivity contribution in [1.29, 1.82) is 0 Å². The molecule has 0 aliphatic rings. The quantitative estimate of drug-likeness (QED) is 0.0744. The van der Waals surface area contributed by atoms with E-state index in [0.29, 0.717) is 18.5 Å². The molecule has 3 N–H and O–H groups in total. The second kappa shape index (κ2) is 23.5. The molecule has 6 nitrogen and oxygen atoms in total. The highest BCUT2D eigenvalue weighted by atomic mass is 35.5. The molecule has 2 aromatic rings. The molecule has 244 valence electrons. The van der Waals surface area contributed by atoms with E-state index in [4.69, 9.17) is 51.5 Å². The van der Waals surface area contributed by atoms with E-state index in [1.165, 1.54) is 38.5 Å². The van der Waals surface area contributed by atoms with Gasteiger partial charge < -0.3 is 15.5 Å². The topological polar surface area (TPSA) is 104 Å². The summed E-state index contributed by atoms with van der Waals surface area (Å²) in [5.74, 6) is 9.67. The first-order valence-electron chi connectivity index (χ1n) is 15.1. The largest absolute Gasteiger partial charge is 0.481 e. The highest BCUT2D eigenvalue weighted by molar-refractivity contribution is 6.54. The number of rotatable bonds is 15. The van der Waals surface area contributed by atoms with Crippen LogP contribution >= 0.6 is 46.4 Å². The van der Waals surface area contributed by atoms with Gasteiger partial charge in [0.1, 0.15) is 0 Å². The molecule has 0 unspecified atom stereocenters. The minimum atomic E-state index is -1.44. The maximum Gasteiger partial charge on any atom is 0.338 e. The third kappa shape index (κ3) is 16.3. The van der Waals surface area contributed by atoms with Gasteiger partial charge in [-0.3, -0.25) is 9.59 Å². The van der Waals surface area contributed by atoms with Crippen molar-refractivity contribution in [1.82, 2.24) is 0 Å². The lowest BCUT2D eigenvalue weighted by molar-refractivity contribution is -0.137.